The molecule has 1 fully saturated rings. The molecule has 1 atom stereocenters. The highest BCUT2D eigenvalue weighted by molar-refractivity contribution is 7.89. The minimum absolute atomic E-state index is 0.0905. The zero-order valence-electron chi connectivity index (χ0n) is 12.3. The molecule has 0 aromatic carbocycles. The lowest BCUT2D eigenvalue weighted by Crippen LogP contribution is -2.45. The van der Waals surface area contributed by atoms with Gasteiger partial charge in [-0.25, -0.2) is 12.7 Å². The van der Waals surface area contributed by atoms with Gasteiger partial charge in [-0.15, -0.1) is 0 Å². The predicted octanol–water partition coefficient (Wildman–Crippen LogP) is 1.64. The van der Waals surface area contributed by atoms with E-state index in [1.54, 1.807) is 13.8 Å². The van der Waals surface area contributed by atoms with Gasteiger partial charge in [0.25, 0.3) is 0 Å². The summed E-state index contributed by atoms with van der Waals surface area (Å²) in [6.45, 7) is 8.56. The van der Waals surface area contributed by atoms with Gasteiger partial charge in [-0.3, -0.25) is 4.79 Å². The Balaban J connectivity index is 2.61. The van der Waals surface area contributed by atoms with Crippen molar-refractivity contribution in [3.05, 3.63) is 0 Å². The average Bonchev–Trinajstić information content (AvgIpc) is 2.38. The Morgan fingerprint density at radius 3 is 2.21 bits per heavy atom. The van der Waals surface area contributed by atoms with Crippen LogP contribution >= 0.6 is 0 Å². The molecule has 0 aromatic rings. The maximum absolute atomic E-state index is 12.3. The normalized spacial score (nSPS) is 20.5. The van der Waals surface area contributed by atoms with Crippen LogP contribution in [0.25, 0.3) is 0 Å². The molecule has 1 unspecified atom stereocenters. The topological polar surface area (TPSA) is 63.7 Å². The van der Waals surface area contributed by atoms with Crippen molar-refractivity contribution in [2.75, 3.05) is 19.7 Å². The van der Waals surface area contributed by atoms with Gasteiger partial charge in [0, 0.05) is 13.1 Å². The van der Waals surface area contributed by atoms with Crippen molar-refractivity contribution in [3.8, 4) is 0 Å². The molecular formula is C13H25NO4S. The number of sulfonamides is 1. The first-order valence-electron chi connectivity index (χ1n) is 6.96. The summed E-state index contributed by atoms with van der Waals surface area (Å²) in [5.41, 5.74) is 0. The molecule has 1 saturated heterocycles. The maximum atomic E-state index is 12.3. The Kier molecular flexibility index (Phi) is 5.80. The van der Waals surface area contributed by atoms with Crippen molar-refractivity contribution in [1.82, 2.24) is 4.31 Å². The maximum Gasteiger partial charge on any atom is 0.309 e. The lowest BCUT2D eigenvalue weighted by atomic mass is 9.98. The molecule has 0 N–H and O–H groups in total. The summed E-state index contributed by atoms with van der Waals surface area (Å²) in [4.78, 5) is 11.6. The molecule has 0 amide bonds. The van der Waals surface area contributed by atoms with Crippen LogP contribution < -0.4 is 0 Å². The molecule has 1 rings (SSSR count). The summed E-state index contributed by atoms with van der Waals surface area (Å²) in [6, 6.07) is 0. The van der Waals surface area contributed by atoms with Crippen LogP contribution in [0.3, 0.4) is 0 Å². The molecule has 0 aromatic heterocycles. The number of nitrogens with zero attached hydrogens (tertiary/aromatic N) is 1. The van der Waals surface area contributed by atoms with Crippen molar-refractivity contribution >= 4 is 16.0 Å². The van der Waals surface area contributed by atoms with Crippen LogP contribution in [0.1, 0.15) is 40.5 Å². The Morgan fingerprint density at radius 2 is 1.79 bits per heavy atom. The third-order valence-electron chi connectivity index (χ3n) is 3.84. The third-order valence-corrected chi connectivity index (χ3v) is 6.41. The lowest BCUT2D eigenvalue weighted by Gasteiger charge is -2.33. The Labute approximate surface area is 116 Å². The van der Waals surface area contributed by atoms with Crippen LogP contribution in [0, 0.1) is 11.8 Å². The van der Waals surface area contributed by atoms with E-state index < -0.39 is 10.0 Å². The van der Waals surface area contributed by atoms with Crippen molar-refractivity contribution in [3.63, 3.8) is 0 Å². The summed E-state index contributed by atoms with van der Waals surface area (Å²) in [6.07, 6.45) is 1.12. The summed E-state index contributed by atoms with van der Waals surface area (Å²) >= 11 is 0. The van der Waals surface area contributed by atoms with E-state index in [4.69, 9.17) is 4.74 Å². The fraction of sp³-hybridized carbons (Fsp3) is 0.923. The van der Waals surface area contributed by atoms with Gasteiger partial charge in [0.2, 0.25) is 10.0 Å². The van der Waals surface area contributed by atoms with E-state index in [2.05, 4.69) is 0 Å². The van der Waals surface area contributed by atoms with Gasteiger partial charge in [0.15, 0.2) is 0 Å². The van der Waals surface area contributed by atoms with E-state index in [-0.39, 0.29) is 23.1 Å². The summed E-state index contributed by atoms with van der Waals surface area (Å²) in [5, 5.41) is -0.383. The molecule has 0 spiro atoms. The molecule has 1 heterocycles. The fourth-order valence-electron chi connectivity index (χ4n) is 2.19. The molecule has 19 heavy (non-hydrogen) atoms. The first-order valence-corrected chi connectivity index (χ1v) is 8.46. The molecule has 6 heteroatoms. The number of rotatable bonds is 5. The first-order chi connectivity index (χ1) is 8.80. The second-order valence-corrected chi connectivity index (χ2v) is 7.71. The minimum atomic E-state index is -3.24. The highest BCUT2D eigenvalue weighted by Crippen LogP contribution is 2.24. The highest BCUT2D eigenvalue weighted by Gasteiger charge is 2.35. The highest BCUT2D eigenvalue weighted by atomic mass is 32.2. The van der Waals surface area contributed by atoms with Crippen molar-refractivity contribution in [2.24, 2.45) is 11.8 Å². The van der Waals surface area contributed by atoms with Crippen LogP contribution in [0.15, 0.2) is 0 Å². The van der Waals surface area contributed by atoms with E-state index in [9.17, 15) is 13.2 Å². The van der Waals surface area contributed by atoms with Crippen LogP contribution in [0.2, 0.25) is 0 Å². The van der Waals surface area contributed by atoms with Crippen LogP contribution in [0.5, 0.6) is 0 Å². The van der Waals surface area contributed by atoms with Gasteiger partial charge in [-0.05, 0) is 32.6 Å². The van der Waals surface area contributed by atoms with Gasteiger partial charge >= 0.3 is 5.97 Å². The van der Waals surface area contributed by atoms with E-state index in [0.29, 0.717) is 32.5 Å². The summed E-state index contributed by atoms with van der Waals surface area (Å²) in [5.74, 6) is -0.259. The number of hydrogen-bond donors (Lipinski definition) is 0. The van der Waals surface area contributed by atoms with Crippen molar-refractivity contribution < 1.29 is 17.9 Å². The number of hydrogen-bond acceptors (Lipinski definition) is 4. The summed E-state index contributed by atoms with van der Waals surface area (Å²) in [7, 11) is -3.24. The minimum Gasteiger partial charge on any atom is -0.466 e. The van der Waals surface area contributed by atoms with Gasteiger partial charge < -0.3 is 4.74 Å². The van der Waals surface area contributed by atoms with E-state index in [0.717, 1.165) is 0 Å². The summed E-state index contributed by atoms with van der Waals surface area (Å²) < 4.78 is 31.2. The van der Waals surface area contributed by atoms with Crippen molar-refractivity contribution in [1.29, 1.82) is 0 Å². The van der Waals surface area contributed by atoms with E-state index in [1.165, 1.54) is 4.31 Å². The Morgan fingerprint density at radius 1 is 1.26 bits per heavy atom. The molecular weight excluding hydrogens is 266 g/mol. The molecule has 1 aliphatic rings. The average molecular weight is 291 g/mol. The number of ether oxygens (including phenoxy) is 1. The van der Waals surface area contributed by atoms with Gasteiger partial charge in [-0.1, -0.05) is 13.8 Å². The molecule has 5 nitrogen and oxygen atoms in total. The molecule has 0 saturated carbocycles. The largest absolute Gasteiger partial charge is 0.466 e. The SMILES string of the molecule is CCOC(=O)C1CCN(S(=O)(=O)C(C)C(C)C)CC1. The number of esters is 1. The quantitative estimate of drug-likeness (QED) is 0.722. The van der Waals surface area contributed by atoms with Crippen LogP contribution in [-0.4, -0.2) is 43.6 Å². The number of carbonyl (C=O) groups excluding carboxylic acids is 1. The number of carbonyl (C=O) groups is 1. The molecule has 0 aliphatic carbocycles. The molecule has 0 radical (unpaired) electrons. The number of piperidine rings is 1. The van der Waals surface area contributed by atoms with Crippen molar-refractivity contribution in [2.45, 2.75) is 45.8 Å². The van der Waals surface area contributed by atoms with E-state index >= 15 is 0 Å². The molecule has 112 valence electrons. The fourth-order valence-corrected chi connectivity index (χ4v) is 4.06. The standard InChI is InChI=1S/C13H25NO4S/c1-5-18-13(15)12-6-8-14(9-7-12)19(16,17)11(4)10(2)3/h10-12H,5-9H2,1-4H3. The predicted molar refractivity (Wildman–Crippen MR) is 74.1 cm³/mol. The van der Waals surface area contributed by atoms with Gasteiger partial charge in [0.1, 0.15) is 0 Å². The van der Waals surface area contributed by atoms with Gasteiger partial charge in [-0.2, -0.15) is 0 Å². The molecule has 0 bridgehead atoms. The van der Waals surface area contributed by atoms with Gasteiger partial charge in [0.05, 0.1) is 17.8 Å². The lowest BCUT2D eigenvalue weighted by molar-refractivity contribution is -0.149. The van der Waals surface area contributed by atoms with Crippen LogP contribution in [-0.2, 0) is 19.6 Å². The Bertz CT molecular complexity index is 397. The second-order valence-electron chi connectivity index (χ2n) is 5.42. The Hall–Kier alpha value is -0.620. The van der Waals surface area contributed by atoms with Crippen LogP contribution in [0.4, 0.5) is 0 Å². The smallest absolute Gasteiger partial charge is 0.309 e. The molecule has 1 aliphatic heterocycles. The third kappa shape index (κ3) is 3.92. The first kappa shape index (κ1) is 16.4. The zero-order valence-corrected chi connectivity index (χ0v) is 13.1. The monoisotopic (exact) mass is 291 g/mol. The second kappa shape index (κ2) is 6.70. The zero-order chi connectivity index (χ0) is 14.6. The van der Waals surface area contributed by atoms with E-state index in [1.807, 2.05) is 13.8 Å².